The van der Waals surface area contributed by atoms with Gasteiger partial charge in [-0.2, -0.15) is 0 Å². The van der Waals surface area contributed by atoms with Gasteiger partial charge in [0.05, 0.1) is 31.1 Å². The van der Waals surface area contributed by atoms with Gasteiger partial charge in [0.2, 0.25) is 0 Å². The number of benzene rings is 3. The van der Waals surface area contributed by atoms with E-state index in [0.717, 1.165) is 16.9 Å². The number of fused-ring (bicyclic) bond motifs is 1. The fourth-order valence-electron chi connectivity index (χ4n) is 4.93. The van der Waals surface area contributed by atoms with Gasteiger partial charge in [0.15, 0.2) is 20.0 Å². The first-order chi connectivity index (χ1) is 20.1. The molecule has 7 nitrogen and oxygen atoms in total. The van der Waals surface area contributed by atoms with Crippen molar-refractivity contribution < 1.29 is 32.3 Å². The molecular weight excluding hydrogens is 569 g/mol. The van der Waals surface area contributed by atoms with Crippen molar-refractivity contribution in [3.05, 3.63) is 96.1 Å². The van der Waals surface area contributed by atoms with Crippen LogP contribution in [0.5, 0.6) is 5.75 Å². The molecule has 0 saturated carbocycles. The molecule has 0 radical (unpaired) electrons. The molecule has 1 unspecified atom stereocenters. The Morgan fingerprint density at radius 2 is 1.52 bits per heavy atom. The fraction of sp³-hybridized carbons (Fsp3) is 0.455. The molecule has 2 heterocycles. The maximum Gasteiger partial charge on any atom is 0.192 e. The summed E-state index contributed by atoms with van der Waals surface area (Å²) in [7, 11) is -2.26. The van der Waals surface area contributed by atoms with Crippen LogP contribution < -0.4 is 4.74 Å². The van der Waals surface area contributed by atoms with Crippen LogP contribution in [-0.4, -0.2) is 56.1 Å². The van der Waals surface area contributed by atoms with E-state index in [1.165, 1.54) is 0 Å². The summed E-state index contributed by atoms with van der Waals surface area (Å²) in [5, 5.41) is -0.0910. The SMILES string of the molecule is COc1ccc(CO[C@H]2[C@@H]3O[C@H](c4ccccc4)OC[C@H]3O[C@H](S(=O)c3ccccc3)[C@H]2O[Si](C)(C)C(C)(C)C)cc1. The second-order valence-corrected chi connectivity index (χ2v) is 18.6. The first-order valence-corrected chi connectivity index (χ1v) is 18.5. The first kappa shape index (κ1) is 31.1. The Hall–Kier alpha value is -2.37. The van der Waals surface area contributed by atoms with Crippen LogP contribution in [-0.2, 0) is 40.8 Å². The lowest BCUT2D eigenvalue weighted by Crippen LogP contribution is -2.66. The Morgan fingerprint density at radius 3 is 2.14 bits per heavy atom. The molecule has 7 atom stereocenters. The smallest absolute Gasteiger partial charge is 0.192 e. The van der Waals surface area contributed by atoms with Gasteiger partial charge in [-0.1, -0.05) is 81.4 Å². The quantitative estimate of drug-likeness (QED) is 0.252. The summed E-state index contributed by atoms with van der Waals surface area (Å²) >= 11 is 0. The average Bonchev–Trinajstić information content (AvgIpc) is 3.00. The van der Waals surface area contributed by atoms with Gasteiger partial charge < -0.3 is 28.1 Å². The van der Waals surface area contributed by atoms with Crippen molar-refractivity contribution in [3.63, 3.8) is 0 Å². The molecule has 0 amide bonds. The van der Waals surface area contributed by atoms with Gasteiger partial charge in [0, 0.05) is 10.5 Å². The molecule has 0 bridgehead atoms. The van der Waals surface area contributed by atoms with Crippen LogP contribution in [0.4, 0.5) is 0 Å². The van der Waals surface area contributed by atoms with Crippen LogP contribution in [0.25, 0.3) is 0 Å². The number of hydrogen-bond acceptors (Lipinski definition) is 7. The zero-order valence-electron chi connectivity index (χ0n) is 25.2. The van der Waals surface area contributed by atoms with Crippen LogP contribution >= 0.6 is 0 Å². The van der Waals surface area contributed by atoms with Gasteiger partial charge >= 0.3 is 0 Å². The predicted molar refractivity (Wildman–Crippen MR) is 165 cm³/mol. The summed E-state index contributed by atoms with van der Waals surface area (Å²) < 4.78 is 52.7. The molecule has 3 aromatic carbocycles. The lowest BCUT2D eigenvalue weighted by atomic mass is 9.98. The van der Waals surface area contributed by atoms with Crippen molar-refractivity contribution in [2.45, 2.75) is 86.5 Å². The van der Waals surface area contributed by atoms with Crippen molar-refractivity contribution >= 4 is 19.1 Å². The molecule has 2 saturated heterocycles. The number of methoxy groups -OCH3 is 1. The third-order valence-electron chi connectivity index (χ3n) is 8.38. The van der Waals surface area contributed by atoms with Crippen molar-refractivity contribution in [1.82, 2.24) is 0 Å². The monoisotopic (exact) mass is 610 g/mol. The van der Waals surface area contributed by atoms with E-state index in [0.29, 0.717) is 11.5 Å². The Labute approximate surface area is 253 Å². The van der Waals surface area contributed by atoms with Gasteiger partial charge in [0.25, 0.3) is 0 Å². The number of ether oxygens (including phenoxy) is 5. The summed E-state index contributed by atoms with van der Waals surface area (Å²) in [6, 6.07) is 27.1. The second-order valence-electron chi connectivity index (χ2n) is 12.3. The first-order valence-electron chi connectivity index (χ1n) is 14.4. The van der Waals surface area contributed by atoms with E-state index >= 15 is 0 Å². The summed E-state index contributed by atoms with van der Waals surface area (Å²) in [5.74, 6) is 0.779. The molecule has 2 aliphatic heterocycles. The molecular formula is C33H42O7SSi. The van der Waals surface area contributed by atoms with Gasteiger partial charge in [-0.3, -0.25) is 4.21 Å². The van der Waals surface area contributed by atoms with Crippen LogP contribution in [0, 0.1) is 0 Å². The van der Waals surface area contributed by atoms with Crippen molar-refractivity contribution in [3.8, 4) is 5.75 Å². The maximum absolute atomic E-state index is 14.2. The Morgan fingerprint density at radius 1 is 0.881 bits per heavy atom. The Kier molecular flexibility index (Phi) is 9.68. The minimum atomic E-state index is -2.38. The standard InChI is InChI=1S/C33H42O7SSi/c1-33(2,3)42(5,6)40-30-29(36-21-23-17-19-25(35-4)20-18-23)28-27(22-37-31(39-28)24-13-9-7-10-14-24)38-32(30)41(34)26-15-11-8-12-16-26/h7-20,27-32H,21-22H2,1-6H3/t27-,28-,29+,30+,31-,32-,41?/m1/s1. The van der Waals surface area contributed by atoms with Gasteiger partial charge in [-0.25, -0.2) is 0 Å². The summed E-state index contributed by atoms with van der Waals surface area (Å²) in [6.07, 6.45) is -2.76. The van der Waals surface area contributed by atoms with Gasteiger partial charge in [-0.15, -0.1) is 0 Å². The van der Waals surface area contributed by atoms with E-state index in [-0.39, 0.29) is 11.6 Å². The minimum absolute atomic E-state index is 0.0910. The lowest BCUT2D eigenvalue weighted by Gasteiger charge is -2.51. The van der Waals surface area contributed by atoms with E-state index in [2.05, 4.69) is 33.9 Å². The third-order valence-corrected chi connectivity index (χ3v) is 14.4. The molecule has 5 rings (SSSR count). The molecule has 42 heavy (non-hydrogen) atoms. The minimum Gasteiger partial charge on any atom is -0.497 e. The Balaban J connectivity index is 1.52. The number of rotatable bonds is 9. The highest BCUT2D eigenvalue weighted by Gasteiger charge is 2.55. The highest BCUT2D eigenvalue weighted by atomic mass is 32.2. The van der Waals surface area contributed by atoms with Crippen molar-refractivity contribution in [2.75, 3.05) is 13.7 Å². The normalized spacial score (nSPS) is 27.2. The van der Waals surface area contributed by atoms with Crippen LogP contribution in [0.2, 0.25) is 18.1 Å². The number of hydrogen-bond donors (Lipinski definition) is 0. The summed E-state index contributed by atoms with van der Waals surface area (Å²) in [5.41, 5.74) is 1.13. The zero-order chi connectivity index (χ0) is 29.9. The van der Waals surface area contributed by atoms with Crippen LogP contribution in [0.1, 0.15) is 38.2 Å². The average molecular weight is 611 g/mol. The largest absolute Gasteiger partial charge is 0.497 e. The van der Waals surface area contributed by atoms with Crippen molar-refractivity contribution in [2.24, 2.45) is 0 Å². The zero-order valence-corrected chi connectivity index (χ0v) is 27.0. The second kappa shape index (κ2) is 13.1. The van der Waals surface area contributed by atoms with Gasteiger partial charge in [0.1, 0.15) is 30.2 Å². The highest BCUT2D eigenvalue weighted by molar-refractivity contribution is 7.85. The lowest BCUT2D eigenvalue weighted by molar-refractivity contribution is -0.324. The van der Waals surface area contributed by atoms with E-state index in [9.17, 15) is 4.21 Å². The molecule has 226 valence electrons. The predicted octanol–water partition coefficient (Wildman–Crippen LogP) is 6.62. The van der Waals surface area contributed by atoms with Gasteiger partial charge in [-0.05, 0) is 48.0 Å². The highest BCUT2D eigenvalue weighted by Crippen LogP contribution is 2.43. The van der Waals surface area contributed by atoms with E-state index in [4.69, 9.17) is 28.1 Å². The fourth-order valence-corrected chi connectivity index (χ4v) is 7.72. The maximum atomic E-state index is 14.2. The molecule has 9 heteroatoms. The van der Waals surface area contributed by atoms with E-state index in [1.807, 2.05) is 84.9 Å². The van der Waals surface area contributed by atoms with E-state index in [1.54, 1.807) is 7.11 Å². The third kappa shape index (κ3) is 6.88. The van der Waals surface area contributed by atoms with Crippen molar-refractivity contribution in [1.29, 1.82) is 0 Å². The molecule has 3 aromatic rings. The molecule has 2 aliphatic rings. The molecule has 0 aromatic heterocycles. The molecule has 0 spiro atoms. The molecule has 0 N–H and O–H groups in total. The van der Waals surface area contributed by atoms with Crippen LogP contribution in [0.15, 0.2) is 89.8 Å². The Bertz CT molecular complexity index is 1310. The van der Waals surface area contributed by atoms with E-state index < -0.39 is 55.3 Å². The molecule has 2 fully saturated rings. The summed E-state index contributed by atoms with van der Waals surface area (Å²) in [4.78, 5) is 0.679. The van der Waals surface area contributed by atoms with Crippen LogP contribution in [0.3, 0.4) is 0 Å². The molecule has 0 aliphatic carbocycles. The topological polar surface area (TPSA) is 72.5 Å². The summed E-state index contributed by atoms with van der Waals surface area (Å²) in [6.45, 7) is 11.6.